The second kappa shape index (κ2) is 13.0. The Labute approximate surface area is 279 Å². The fourth-order valence-corrected chi connectivity index (χ4v) is 7.46. The van der Waals surface area contributed by atoms with Gasteiger partial charge in [-0.3, -0.25) is 0 Å². The van der Waals surface area contributed by atoms with Gasteiger partial charge >= 0.3 is 12.1 Å². The minimum atomic E-state index is -0.773. The summed E-state index contributed by atoms with van der Waals surface area (Å²) in [5.41, 5.74) is -0.862. The number of piperidine rings is 1. The summed E-state index contributed by atoms with van der Waals surface area (Å²) >= 11 is 8.15. The second-order valence-corrected chi connectivity index (χ2v) is 15.5. The number of carbonyl (C=O) groups excluding carboxylic acids is 2. The minimum Gasteiger partial charge on any atom is -0.464 e. The predicted octanol–water partition coefficient (Wildman–Crippen LogP) is 4.88. The third-order valence-electron chi connectivity index (χ3n) is 9.10. The molecule has 3 aliphatic heterocycles. The lowest BCUT2D eigenvalue weighted by molar-refractivity contribution is 0.00436. The second-order valence-electron chi connectivity index (χ2n) is 14.1. The topological polar surface area (TPSA) is 139 Å². The lowest BCUT2D eigenvalue weighted by Crippen LogP contribution is -2.56. The third kappa shape index (κ3) is 7.17. The number of hydrogen-bond acceptors (Lipinski definition) is 12. The summed E-state index contributed by atoms with van der Waals surface area (Å²) < 4.78 is 16.7. The van der Waals surface area contributed by atoms with E-state index in [9.17, 15) is 14.7 Å². The lowest BCUT2D eigenvalue weighted by atomic mass is 9.73. The van der Waals surface area contributed by atoms with Gasteiger partial charge in [-0.15, -0.1) is 0 Å². The van der Waals surface area contributed by atoms with Crippen LogP contribution >= 0.6 is 23.4 Å². The van der Waals surface area contributed by atoms with Crippen molar-refractivity contribution in [1.82, 2.24) is 20.3 Å². The van der Waals surface area contributed by atoms with Crippen LogP contribution in [0.1, 0.15) is 70.6 Å². The molecule has 5 rings (SSSR count). The molecular weight excluding hydrogens is 632 g/mol. The van der Waals surface area contributed by atoms with Crippen LogP contribution in [-0.2, 0) is 14.2 Å². The first-order chi connectivity index (χ1) is 21.5. The molecule has 3 saturated heterocycles. The van der Waals surface area contributed by atoms with Gasteiger partial charge in [-0.2, -0.15) is 0 Å². The molecule has 3 fully saturated rings. The summed E-state index contributed by atoms with van der Waals surface area (Å²) in [6.45, 7) is 16.0. The first-order valence-electron chi connectivity index (χ1n) is 15.6. The zero-order chi connectivity index (χ0) is 33.6. The van der Waals surface area contributed by atoms with E-state index in [1.807, 2.05) is 59.4 Å². The molecule has 2 aromatic rings. The Bertz CT molecular complexity index is 1470. The molecule has 0 saturated carbocycles. The molecule has 46 heavy (non-hydrogen) atoms. The normalized spacial score (nSPS) is 21.7. The average Bonchev–Trinajstić information content (AvgIpc) is 3.23. The first-order valence-corrected chi connectivity index (χ1v) is 16.8. The standard InChI is InChI=1S/C32H45ClN6O6S/c1-18-27(46-21-9-12-34-25(22(21)33)39-15-20(16-39)31(6,7)42)36-23(28(40)43-8)26(35-18)38-13-10-32(11-14-38)17-44-19(2)24(32)37-29(41)45-30(3,4)5/h9,12,19-20,24,42H,10-11,13-17H2,1-8H3,(H,37,41)/t19-,24+/m0/s1. The lowest BCUT2D eigenvalue weighted by Gasteiger charge is -2.46. The molecule has 0 radical (unpaired) electrons. The van der Waals surface area contributed by atoms with Crippen LogP contribution in [0, 0.1) is 18.3 Å². The van der Waals surface area contributed by atoms with Crippen molar-refractivity contribution in [2.75, 3.05) is 49.7 Å². The molecule has 0 aliphatic carbocycles. The van der Waals surface area contributed by atoms with E-state index in [0.29, 0.717) is 60.2 Å². The van der Waals surface area contributed by atoms with Gasteiger partial charge in [0.1, 0.15) is 16.4 Å². The highest BCUT2D eigenvalue weighted by molar-refractivity contribution is 7.99. The zero-order valence-electron chi connectivity index (χ0n) is 27.8. The monoisotopic (exact) mass is 676 g/mol. The maximum atomic E-state index is 13.0. The number of amides is 1. The van der Waals surface area contributed by atoms with Crippen LogP contribution in [0.5, 0.6) is 0 Å². The van der Waals surface area contributed by atoms with Crippen molar-refractivity contribution in [2.24, 2.45) is 11.3 Å². The number of alkyl carbamates (subject to hydrolysis) is 1. The fraction of sp³-hybridized carbons (Fsp3) is 0.656. The van der Waals surface area contributed by atoms with E-state index in [2.05, 4.69) is 15.2 Å². The van der Waals surface area contributed by atoms with Crippen LogP contribution in [-0.4, -0.2) is 95.4 Å². The van der Waals surface area contributed by atoms with E-state index in [-0.39, 0.29) is 29.2 Å². The molecule has 2 aromatic heterocycles. The summed E-state index contributed by atoms with van der Waals surface area (Å²) in [4.78, 5) is 44.7. The van der Waals surface area contributed by atoms with Gasteiger partial charge in [0.15, 0.2) is 11.5 Å². The van der Waals surface area contributed by atoms with E-state index in [0.717, 1.165) is 17.7 Å². The molecule has 1 amide bonds. The Balaban J connectivity index is 1.33. The highest BCUT2D eigenvalue weighted by Gasteiger charge is 2.51. The number of pyridine rings is 1. The molecule has 12 nitrogen and oxygen atoms in total. The van der Waals surface area contributed by atoms with Gasteiger partial charge in [0.05, 0.1) is 42.2 Å². The van der Waals surface area contributed by atoms with Crippen molar-refractivity contribution < 1.29 is 28.9 Å². The number of ether oxygens (including phenoxy) is 3. The van der Waals surface area contributed by atoms with Crippen molar-refractivity contribution in [3.05, 3.63) is 28.7 Å². The molecule has 2 atom stereocenters. The number of aromatic nitrogens is 3. The highest BCUT2D eigenvalue weighted by Crippen LogP contribution is 2.44. The Morgan fingerprint density at radius 2 is 1.80 bits per heavy atom. The molecule has 0 bridgehead atoms. The maximum absolute atomic E-state index is 13.0. The molecule has 2 N–H and O–H groups in total. The van der Waals surface area contributed by atoms with Crippen molar-refractivity contribution in [2.45, 2.75) is 94.6 Å². The van der Waals surface area contributed by atoms with E-state index in [4.69, 9.17) is 35.8 Å². The molecular formula is C32H45ClN6O6S. The number of halogens is 1. The smallest absolute Gasteiger partial charge is 0.407 e. The summed E-state index contributed by atoms with van der Waals surface area (Å²) in [6, 6.07) is 1.61. The Morgan fingerprint density at radius 3 is 2.41 bits per heavy atom. The van der Waals surface area contributed by atoms with Gasteiger partial charge in [-0.05, 0) is 67.4 Å². The van der Waals surface area contributed by atoms with E-state index in [1.165, 1.54) is 18.9 Å². The zero-order valence-corrected chi connectivity index (χ0v) is 29.4. The molecule has 3 aliphatic rings. The van der Waals surface area contributed by atoms with Crippen molar-refractivity contribution in [3.8, 4) is 0 Å². The average molecular weight is 677 g/mol. The summed E-state index contributed by atoms with van der Waals surface area (Å²) in [6.07, 6.45) is 2.52. The largest absolute Gasteiger partial charge is 0.464 e. The highest BCUT2D eigenvalue weighted by atomic mass is 35.5. The Hall–Kier alpha value is -2.87. The first kappa shape index (κ1) is 34.5. The van der Waals surface area contributed by atoms with Crippen LogP contribution in [0.25, 0.3) is 0 Å². The van der Waals surface area contributed by atoms with Crippen molar-refractivity contribution >= 4 is 47.1 Å². The molecule has 0 unspecified atom stereocenters. The predicted molar refractivity (Wildman–Crippen MR) is 176 cm³/mol. The van der Waals surface area contributed by atoms with Gasteiger partial charge in [-0.25, -0.2) is 24.5 Å². The maximum Gasteiger partial charge on any atom is 0.407 e. The molecule has 252 valence electrons. The SMILES string of the molecule is COC(=O)c1nc(Sc2ccnc(N3CC(C(C)(C)O)C3)c2Cl)c(C)nc1N1CCC2(CC1)CO[C@@H](C)[C@H]2NC(=O)OC(C)(C)C. The summed E-state index contributed by atoms with van der Waals surface area (Å²) in [7, 11) is 1.33. The number of rotatable bonds is 7. The van der Waals surface area contributed by atoms with Crippen LogP contribution in [0.3, 0.4) is 0 Å². The van der Waals surface area contributed by atoms with Crippen LogP contribution in [0.4, 0.5) is 16.4 Å². The fourth-order valence-electron chi connectivity index (χ4n) is 6.27. The number of anilines is 2. The number of nitrogens with one attached hydrogen (secondary N) is 1. The number of methoxy groups -OCH3 is 1. The van der Waals surface area contributed by atoms with Gasteiger partial charge in [0.25, 0.3) is 0 Å². The van der Waals surface area contributed by atoms with Crippen molar-refractivity contribution in [1.29, 1.82) is 0 Å². The molecule has 0 aromatic carbocycles. The van der Waals surface area contributed by atoms with Gasteiger partial charge in [-0.1, -0.05) is 23.4 Å². The van der Waals surface area contributed by atoms with Crippen molar-refractivity contribution in [3.63, 3.8) is 0 Å². The van der Waals surface area contributed by atoms with Crippen LogP contribution in [0.15, 0.2) is 22.2 Å². The van der Waals surface area contributed by atoms with E-state index >= 15 is 0 Å². The van der Waals surface area contributed by atoms with Crippen LogP contribution < -0.4 is 15.1 Å². The minimum absolute atomic E-state index is 0.131. The van der Waals surface area contributed by atoms with Gasteiger partial charge in [0.2, 0.25) is 0 Å². The molecule has 5 heterocycles. The quantitative estimate of drug-likeness (QED) is 0.387. The number of carbonyl (C=O) groups is 2. The molecule has 14 heteroatoms. The number of nitrogens with zero attached hydrogens (tertiary/aromatic N) is 5. The van der Waals surface area contributed by atoms with E-state index < -0.39 is 23.3 Å². The summed E-state index contributed by atoms with van der Waals surface area (Å²) in [5, 5.41) is 14.4. The molecule has 1 spiro atoms. The Morgan fingerprint density at radius 1 is 1.13 bits per heavy atom. The third-order valence-corrected chi connectivity index (χ3v) is 10.7. The summed E-state index contributed by atoms with van der Waals surface area (Å²) in [5.74, 6) is 0.666. The van der Waals surface area contributed by atoms with E-state index in [1.54, 1.807) is 6.20 Å². The number of aliphatic hydroxyl groups is 1. The van der Waals surface area contributed by atoms with Crippen LogP contribution in [0.2, 0.25) is 5.02 Å². The number of hydrogen-bond donors (Lipinski definition) is 2. The number of aryl methyl sites for hydroxylation is 1. The van der Waals surface area contributed by atoms with Gasteiger partial charge < -0.3 is 34.4 Å². The Kier molecular flexibility index (Phi) is 9.72. The van der Waals surface area contributed by atoms with Gasteiger partial charge in [0, 0.05) is 48.6 Å². The number of esters is 1.